The maximum absolute atomic E-state index is 8.70. The van der Waals surface area contributed by atoms with Crippen molar-refractivity contribution in [3.63, 3.8) is 0 Å². The van der Waals surface area contributed by atoms with Crippen LogP contribution < -0.4 is 0 Å². The van der Waals surface area contributed by atoms with Gasteiger partial charge in [-0.2, -0.15) is 0 Å². The lowest BCUT2D eigenvalue weighted by Crippen LogP contribution is -2.91. The molecule has 6 saturated heterocycles. The Morgan fingerprint density at radius 2 is 0.409 bits per heavy atom. The van der Waals surface area contributed by atoms with Gasteiger partial charge in [-0.3, -0.25) is 0 Å². The molecular formula is C46H86O12Si8. The van der Waals surface area contributed by atoms with Gasteiger partial charge in [-0.1, -0.05) is 148 Å². The first-order valence-corrected chi connectivity index (χ1v) is 43.2. The molecule has 0 aromatic heterocycles. The van der Waals surface area contributed by atoms with Crippen molar-refractivity contribution in [1.29, 1.82) is 0 Å². The fraction of sp³-hybridized carbons (Fsp3) is 1.00. The molecule has 0 spiro atoms. The molecule has 7 aliphatic carbocycles. The Labute approximate surface area is 406 Å². The van der Waals surface area contributed by atoms with Crippen molar-refractivity contribution in [2.45, 2.75) is 289 Å². The Balaban J connectivity index is 1.18. The topological polar surface area (TPSA) is 111 Å². The summed E-state index contributed by atoms with van der Waals surface area (Å²) >= 11 is 0. The van der Waals surface area contributed by atoms with Crippen molar-refractivity contribution in [3.8, 4) is 0 Å². The minimum atomic E-state index is -3.96. The number of hydrogen-bond donors (Lipinski definition) is 0. The lowest BCUT2D eigenvalue weighted by atomic mass is 10.0. The van der Waals surface area contributed by atoms with Crippen molar-refractivity contribution in [3.05, 3.63) is 0 Å². The van der Waals surface area contributed by atoms with Gasteiger partial charge < -0.3 is 49.4 Å². The first-order valence-electron chi connectivity index (χ1n) is 28.7. The summed E-state index contributed by atoms with van der Waals surface area (Å²) in [4.78, 5) is 0. The first kappa shape index (κ1) is 48.2. The van der Waals surface area contributed by atoms with Crippen LogP contribution in [0.5, 0.6) is 0 Å². The van der Waals surface area contributed by atoms with E-state index in [2.05, 4.69) is 6.92 Å². The molecule has 0 unspecified atom stereocenters. The highest BCUT2D eigenvalue weighted by Crippen LogP contribution is 2.65. The van der Waals surface area contributed by atoms with Crippen LogP contribution in [0.1, 0.15) is 244 Å². The van der Waals surface area contributed by atoms with E-state index in [1.807, 2.05) is 0 Å². The highest BCUT2D eigenvalue weighted by Gasteiger charge is 2.88. The minimum Gasteiger partial charge on any atom is -0.373 e. The first-order chi connectivity index (χ1) is 32.3. The van der Waals surface area contributed by atoms with Gasteiger partial charge in [0.2, 0.25) is 0 Å². The fourth-order valence-corrected chi connectivity index (χ4v) is 71.7. The molecule has 13 rings (SSSR count). The molecule has 6 heterocycles. The second-order valence-corrected chi connectivity index (χ2v) is 49.4. The third kappa shape index (κ3) is 8.67. The van der Waals surface area contributed by atoms with E-state index in [0.717, 1.165) is 193 Å². The molecule has 6 aliphatic heterocycles. The number of unbranched alkanes of at least 4 members (excludes halogenated alkanes) is 1. The zero-order valence-corrected chi connectivity index (χ0v) is 48.8. The molecule has 66 heavy (non-hydrogen) atoms. The van der Waals surface area contributed by atoms with Gasteiger partial charge in [-0.05, 0) is 96.3 Å². The summed E-state index contributed by atoms with van der Waals surface area (Å²) in [6.07, 6.45) is 40.3. The highest BCUT2D eigenvalue weighted by atomic mass is 28.6. The molecule has 0 N–H and O–H groups in total. The third-order valence-corrected chi connectivity index (χ3v) is 58.7. The molecule has 0 atom stereocenters. The van der Waals surface area contributed by atoms with Gasteiger partial charge in [0.1, 0.15) is 0 Å². The van der Waals surface area contributed by atoms with Crippen LogP contribution >= 0.6 is 0 Å². The van der Waals surface area contributed by atoms with E-state index in [1.54, 1.807) is 0 Å². The number of hydrogen-bond acceptors (Lipinski definition) is 12. The summed E-state index contributed by atoms with van der Waals surface area (Å²) in [6.45, 7) is 2.30. The third-order valence-electron chi connectivity index (χ3n) is 19.0. The summed E-state index contributed by atoms with van der Waals surface area (Å²) < 4.78 is 104. The smallest absolute Gasteiger partial charge is 0.373 e. The lowest BCUT2D eigenvalue weighted by molar-refractivity contribution is -0.0515. The molecule has 12 nitrogen and oxygen atoms in total. The largest absolute Gasteiger partial charge is 0.482 e. The van der Waals surface area contributed by atoms with Gasteiger partial charge in [0.15, 0.2) is 0 Å². The van der Waals surface area contributed by atoms with Crippen LogP contribution in [0.15, 0.2) is 0 Å². The van der Waals surface area contributed by atoms with E-state index in [-0.39, 0.29) is 38.8 Å². The Kier molecular flexibility index (Phi) is 14.3. The van der Waals surface area contributed by atoms with Crippen molar-refractivity contribution in [2.24, 2.45) is 0 Å². The van der Waals surface area contributed by atoms with E-state index in [9.17, 15) is 0 Å². The van der Waals surface area contributed by atoms with Crippen LogP contribution in [-0.2, 0) is 49.4 Å². The monoisotopic (exact) mass is 1050 g/mol. The Hall–Kier alpha value is 1.26. The Bertz CT molecular complexity index is 1480. The van der Waals surface area contributed by atoms with Gasteiger partial charge >= 0.3 is 70.4 Å². The van der Waals surface area contributed by atoms with Crippen molar-refractivity contribution in [1.82, 2.24) is 0 Å². The molecule has 13 fully saturated rings. The summed E-state index contributed by atoms with van der Waals surface area (Å²) in [6, 6.07) is 0.664. The van der Waals surface area contributed by atoms with E-state index in [0.29, 0.717) is 6.04 Å². The molecule has 0 amide bonds. The van der Waals surface area contributed by atoms with Gasteiger partial charge in [0.25, 0.3) is 0 Å². The van der Waals surface area contributed by atoms with E-state index < -0.39 is 70.4 Å². The molecule has 0 aromatic rings. The fourth-order valence-electron chi connectivity index (χ4n) is 15.4. The summed E-state index contributed by atoms with van der Waals surface area (Å²) in [5, 5.41) is 0. The Morgan fingerprint density at radius 3 is 0.576 bits per heavy atom. The maximum atomic E-state index is 8.70. The molecular weight excluding hydrogens is 969 g/mol. The van der Waals surface area contributed by atoms with Crippen LogP contribution in [0.4, 0.5) is 0 Å². The second-order valence-electron chi connectivity index (χ2n) is 23.6. The van der Waals surface area contributed by atoms with Gasteiger partial charge in [-0.25, -0.2) is 0 Å². The molecule has 8 bridgehead atoms. The maximum Gasteiger partial charge on any atom is 0.482 e. The number of rotatable bonds is 10. The van der Waals surface area contributed by atoms with Crippen molar-refractivity contribution < 1.29 is 49.4 Å². The van der Waals surface area contributed by atoms with Crippen molar-refractivity contribution >= 4 is 70.4 Å². The van der Waals surface area contributed by atoms with Crippen LogP contribution in [-0.4, -0.2) is 70.4 Å². The predicted molar refractivity (Wildman–Crippen MR) is 267 cm³/mol. The molecule has 374 valence electrons. The average molecular weight is 1060 g/mol. The van der Waals surface area contributed by atoms with E-state index in [1.165, 1.54) is 44.9 Å². The Morgan fingerprint density at radius 1 is 0.242 bits per heavy atom. The van der Waals surface area contributed by atoms with E-state index >= 15 is 0 Å². The van der Waals surface area contributed by atoms with Crippen LogP contribution in [0.3, 0.4) is 0 Å². The molecule has 0 radical (unpaired) electrons. The molecule has 13 aliphatic rings. The molecule has 20 heteroatoms. The predicted octanol–water partition coefficient (Wildman–Crippen LogP) is 13.9. The van der Waals surface area contributed by atoms with Crippen LogP contribution in [0.25, 0.3) is 0 Å². The normalized spacial score (nSPS) is 46.7. The van der Waals surface area contributed by atoms with Crippen LogP contribution in [0, 0.1) is 0 Å². The summed E-state index contributed by atoms with van der Waals surface area (Å²) in [5.74, 6) is 0. The molecule has 0 aromatic carbocycles. The molecule has 7 saturated carbocycles. The quantitative estimate of drug-likeness (QED) is 0.194. The lowest BCUT2D eigenvalue weighted by Gasteiger charge is -2.68. The summed E-state index contributed by atoms with van der Waals surface area (Å²) in [5.41, 5.74) is 0.486. The van der Waals surface area contributed by atoms with Gasteiger partial charge in [0, 0.05) is 44.8 Å². The van der Waals surface area contributed by atoms with Gasteiger partial charge in [-0.15, -0.1) is 0 Å². The SMILES string of the molecule is CCCC[Si]12O[Si]3(C4CCCCC4)O[Si]4(C5CCCCC5)O[Si](C5CCCCC5)(O1)O[Si]1(C5CCCCC5)O[Si](C5CCCCC5)(O2)O[Si](C2CCCCC2)(O3)O[Si](C2CCCCC2)(O4)O1. The zero-order chi connectivity index (χ0) is 44.4. The van der Waals surface area contributed by atoms with E-state index in [4.69, 9.17) is 49.4 Å². The van der Waals surface area contributed by atoms with Gasteiger partial charge in [0.05, 0.1) is 0 Å². The van der Waals surface area contributed by atoms with Crippen LogP contribution in [0.2, 0.25) is 44.8 Å². The zero-order valence-electron chi connectivity index (χ0n) is 40.8. The average Bonchev–Trinajstić information content (AvgIpc) is 3.34. The standard InChI is InChI=1S/C46H86O12Si8/c1-2-3-39-59-47-60(40-25-11-4-12-26-40)50-63(43-31-17-7-18-32-43)52-61(48-59,41-27-13-5-14-28-41)54-65(45-35-21-9-22-36-45)55-62(49-59,42-29-15-6-16-30-42)53-64(51-60,44-33-19-8-20-34-44)57-66(56-63,58-65)46-37-23-10-24-38-46/h40-46H,2-39H2,1H3. The summed E-state index contributed by atoms with van der Waals surface area (Å²) in [7, 11) is -31.5. The van der Waals surface area contributed by atoms with Crippen molar-refractivity contribution in [2.75, 3.05) is 0 Å². The minimum absolute atomic E-state index is 0.0677. The highest BCUT2D eigenvalue weighted by molar-refractivity contribution is 7.04. The second kappa shape index (κ2) is 19.5.